The van der Waals surface area contributed by atoms with Gasteiger partial charge in [-0.3, -0.25) is 0 Å². The lowest BCUT2D eigenvalue weighted by atomic mass is 9.85. The van der Waals surface area contributed by atoms with Crippen LogP contribution in [-0.4, -0.2) is 13.7 Å². The summed E-state index contributed by atoms with van der Waals surface area (Å²) in [6, 6.07) is 13.0. The second-order valence-electron chi connectivity index (χ2n) is 6.20. The number of hydrogen-bond acceptors (Lipinski definition) is 2. The van der Waals surface area contributed by atoms with Gasteiger partial charge in [0.05, 0.1) is 12.6 Å². The summed E-state index contributed by atoms with van der Waals surface area (Å²) in [7, 11) is 1.92. The van der Waals surface area contributed by atoms with Crippen molar-refractivity contribution in [3.05, 3.63) is 65.0 Å². The Hall–Kier alpha value is -1.87. The lowest BCUT2D eigenvalue weighted by Crippen LogP contribution is -2.20. The summed E-state index contributed by atoms with van der Waals surface area (Å²) in [5, 5.41) is 3.31. The van der Waals surface area contributed by atoms with Crippen molar-refractivity contribution in [2.45, 2.75) is 25.3 Å². The summed E-state index contributed by atoms with van der Waals surface area (Å²) in [4.78, 5) is 0. The zero-order chi connectivity index (χ0) is 15.0. The molecule has 1 aliphatic rings. The molecule has 0 fully saturated rings. The van der Waals surface area contributed by atoms with E-state index in [-0.39, 0.29) is 17.3 Å². The fourth-order valence-corrected chi connectivity index (χ4v) is 2.90. The van der Waals surface area contributed by atoms with Crippen molar-refractivity contribution in [1.29, 1.82) is 0 Å². The molecule has 0 saturated carbocycles. The molecular weight excluding hydrogens is 265 g/mol. The monoisotopic (exact) mass is 285 g/mol. The Labute approximate surface area is 125 Å². The smallest absolute Gasteiger partial charge is 0.123 e. The van der Waals surface area contributed by atoms with Crippen LogP contribution >= 0.6 is 0 Å². The first-order valence-electron chi connectivity index (χ1n) is 7.21. The quantitative estimate of drug-likeness (QED) is 0.926. The molecule has 0 bridgehead atoms. The van der Waals surface area contributed by atoms with Gasteiger partial charge in [0.25, 0.3) is 0 Å². The molecule has 0 saturated heterocycles. The number of halogens is 1. The van der Waals surface area contributed by atoms with Gasteiger partial charge >= 0.3 is 0 Å². The zero-order valence-corrected chi connectivity index (χ0v) is 12.6. The highest BCUT2D eigenvalue weighted by atomic mass is 19.1. The maximum absolute atomic E-state index is 13.1. The first-order valence-corrected chi connectivity index (χ1v) is 7.21. The molecule has 3 heteroatoms. The third-order valence-corrected chi connectivity index (χ3v) is 4.15. The van der Waals surface area contributed by atoms with Crippen LogP contribution in [0.1, 0.15) is 36.6 Å². The molecule has 1 aliphatic heterocycles. The molecule has 110 valence electrons. The van der Waals surface area contributed by atoms with Gasteiger partial charge in [-0.25, -0.2) is 4.39 Å². The highest BCUT2D eigenvalue weighted by Gasteiger charge is 2.32. The van der Waals surface area contributed by atoms with Crippen LogP contribution in [-0.2, 0) is 5.41 Å². The average molecular weight is 285 g/mol. The zero-order valence-electron chi connectivity index (χ0n) is 12.6. The summed E-state index contributed by atoms with van der Waals surface area (Å²) >= 11 is 0. The van der Waals surface area contributed by atoms with E-state index in [4.69, 9.17) is 4.74 Å². The van der Waals surface area contributed by atoms with Crippen molar-refractivity contribution < 1.29 is 9.13 Å². The van der Waals surface area contributed by atoms with Crippen molar-refractivity contribution in [2.75, 3.05) is 13.7 Å². The Morgan fingerprint density at radius 2 is 1.76 bits per heavy atom. The standard InChI is InChI=1S/C18H20FNO/c1-18(2)11-21-16-9-6-13(10-15(16)18)17(20-3)12-4-7-14(19)8-5-12/h4-10,17,20H,11H2,1-3H3. The molecular formula is C18H20FNO. The normalized spacial score (nSPS) is 17.1. The Bertz CT molecular complexity index is 649. The molecule has 1 atom stereocenters. The number of ether oxygens (including phenoxy) is 1. The van der Waals surface area contributed by atoms with Crippen molar-refractivity contribution in [3.63, 3.8) is 0 Å². The SMILES string of the molecule is CNC(c1ccc(F)cc1)c1ccc2c(c1)C(C)(C)CO2. The molecule has 1 heterocycles. The maximum atomic E-state index is 13.1. The summed E-state index contributed by atoms with van der Waals surface area (Å²) in [5.74, 6) is 0.759. The van der Waals surface area contributed by atoms with E-state index >= 15 is 0 Å². The number of benzene rings is 2. The number of nitrogens with one attached hydrogen (secondary N) is 1. The average Bonchev–Trinajstić information content (AvgIpc) is 2.77. The van der Waals surface area contributed by atoms with Crippen molar-refractivity contribution in [2.24, 2.45) is 0 Å². The molecule has 0 spiro atoms. The van der Waals surface area contributed by atoms with Crippen LogP contribution in [0.25, 0.3) is 0 Å². The second kappa shape index (κ2) is 5.15. The van der Waals surface area contributed by atoms with Gasteiger partial charge in [0.15, 0.2) is 0 Å². The molecule has 2 nitrogen and oxygen atoms in total. The van der Waals surface area contributed by atoms with Gasteiger partial charge in [-0.2, -0.15) is 0 Å². The Morgan fingerprint density at radius 3 is 2.43 bits per heavy atom. The van der Waals surface area contributed by atoms with Crippen LogP contribution in [0.4, 0.5) is 4.39 Å². The summed E-state index contributed by atoms with van der Waals surface area (Å²) in [6.45, 7) is 5.09. The van der Waals surface area contributed by atoms with Gasteiger partial charge in [-0.1, -0.05) is 32.0 Å². The fraction of sp³-hybridized carbons (Fsp3) is 0.333. The van der Waals surface area contributed by atoms with Crippen molar-refractivity contribution in [3.8, 4) is 5.75 Å². The molecule has 2 aromatic rings. The Balaban J connectivity index is 2.01. The topological polar surface area (TPSA) is 21.3 Å². The molecule has 21 heavy (non-hydrogen) atoms. The molecule has 3 rings (SSSR count). The lowest BCUT2D eigenvalue weighted by molar-refractivity contribution is 0.291. The first kappa shape index (κ1) is 14.1. The van der Waals surface area contributed by atoms with E-state index in [1.807, 2.05) is 25.2 Å². The minimum absolute atomic E-state index is 0.0342. The lowest BCUT2D eigenvalue weighted by Gasteiger charge is -2.20. The van der Waals surface area contributed by atoms with Gasteiger partial charge in [0.1, 0.15) is 11.6 Å². The predicted octanol–water partition coefficient (Wildman–Crippen LogP) is 3.80. The van der Waals surface area contributed by atoms with E-state index in [2.05, 4.69) is 31.3 Å². The second-order valence-corrected chi connectivity index (χ2v) is 6.20. The Morgan fingerprint density at radius 1 is 1.10 bits per heavy atom. The largest absolute Gasteiger partial charge is 0.492 e. The molecule has 0 aromatic heterocycles. The minimum Gasteiger partial charge on any atom is -0.492 e. The van der Waals surface area contributed by atoms with E-state index in [0.717, 1.165) is 11.3 Å². The summed E-state index contributed by atoms with van der Waals surface area (Å²) in [6.07, 6.45) is 0. The van der Waals surface area contributed by atoms with Gasteiger partial charge in [0.2, 0.25) is 0 Å². The predicted molar refractivity (Wildman–Crippen MR) is 82.3 cm³/mol. The van der Waals surface area contributed by atoms with E-state index in [0.29, 0.717) is 6.61 Å². The van der Waals surface area contributed by atoms with Gasteiger partial charge in [-0.05, 0) is 42.4 Å². The van der Waals surface area contributed by atoms with Crippen LogP contribution in [0.2, 0.25) is 0 Å². The number of rotatable bonds is 3. The Kier molecular flexibility index (Phi) is 3.46. The van der Waals surface area contributed by atoms with E-state index in [1.165, 1.54) is 23.3 Å². The summed E-state index contributed by atoms with van der Waals surface area (Å²) < 4.78 is 18.8. The van der Waals surface area contributed by atoms with E-state index in [9.17, 15) is 4.39 Å². The molecule has 0 amide bonds. The summed E-state index contributed by atoms with van der Waals surface area (Å²) in [5.41, 5.74) is 3.49. The van der Waals surface area contributed by atoms with E-state index < -0.39 is 0 Å². The van der Waals surface area contributed by atoms with Gasteiger partial charge < -0.3 is 10.1 Å². The van der Waals surface area contributed by atoms with E-state index in [1.54, 1.807) is 0 Å². The van der Waals surface area contributed by atoms with Crippen LogP contribution < -0.4 is 10.1 Å². The van der Waals surface area contributed by atoms with Gasteiger partial charge in [0, 0.05) is 11.0 Å². The molecule has 0 radical (unpaired) electrons. The molecule has 0 aliphatic carbocycles. The molecule has 1 N–H and O–H groups in total. The number of fused-ring (bicyclic) bond motifs is 1. The van der Waals surface area contributed by atoms with Crippen LogP contribution in [0.3, 0.4) is 0 Å². The van der Waals surface area contributed by atoms with Gasteiger partial charge in [-0.15, -0.1) is 0 Å². The number of hydrogen-bond donors (Lipinski definition) is 1. The third kappa shape index (κ3) is 2.54. The highest BCUT2D eigenvalue weighted by molar-refractivity contribution is 5.47. The first-order chi connectivity index (χ1) is 10.0. The van der Waals surface area contributed by atoms with Crippen LogP contribution in [0.15, 0.2) is 42.5 Å². The van der Waals surface area contributed by atoms with Crippen LogP contribution in [0, 0.1) is 5.82 Å². The maximum Gasteiger partial charge on any atom is 0.123 e. The fourth-order valence-electron chi connectivity index (χ4n) is 2.90. The molecule has 1 unspecified atom stereocenters. The molecule has 2 aromatic carbocycles. The van der Waals surface area contributed by atoms with Crippen LogP contribution in [0.5, 0.6) is 5.75 Å². The highest BCUT2D eigenvalue weighted by Crippen LogP contribution is 2.40. The minimum atomic E-state index is -0.211. The van der Waals surface area contributed by atoms with Crippen molar-refractivity contribution >= 4 is 0 Å². The van der Waals surface area contributed by atoms with Crippen molar-refractivity contribution in [1.82, 2.24) is 5.32 Å². The third-order valence-electron chi connectivity index (χ3n) is 4.15.